The molecule has 2 aromatic carbocycles. The van der Waals surface area contributed by atoms with E-state index in [4.69, 9.17) is 16.3 Å². The molecule has 1 aliphatic rings. The number of hydrogen-bond donors (Lipinski definition) is 0. The molecule has 0 bridgehead atoms. The Morgan fingerprint density at radius 2 is 1.83 bits per heavy atom. The van der Waals surface area contributed by atoms with Gasteiger partial charge in [-0.15, -0.1) is 11.3 Å². The van der Waals surface area contributed by atoms with Crippen molar-refractivity contribution in [2.45, 2.75) is 6.17 Å². The van der Waals surface area contributed by atoms with E-state index in [1.807, 2.05) is 5.38 Å². The van der Waals surface area contributed by atoms with Crippen LogP contribution in [0.2, 0.25) is 5.02 Å². The molecule has 1 aromatic heterocycles. The smallest absolute Gasteiger partial charge is 0.259 e. The van der Waals surface area contributed by atoms with Crippen molar-refractivity contribution in [1.82, 2.24) is 9.88 Å². The number of carbonyl (C=O) groups is 1. The van der Waals surface area contributed by atoms with Gasteiger partial charge in [-0.05, 0) is 48.5 Å². The van der Waals surface area contributed by atoms with Crippen LogP contribution in [-0.4, -0.2) is 42.1 Å². The van der Waals surface area contributed by atoms with Gasteiger partial charge in [0.2, 0.25) is 0 Å². The molecule has 8 heteroatoms. The van der Waals surface area contributed by atoms with Gasteiger partial charge in [0.25, 0.3) is 5.91 Å². The zero-order valence-electron chi connectivity index (χ0n) is 15.5. The normalized spacial score (nSPS) is 15.8. The summed E-state index contributed by atoms with van der Waals surface area (Å²) in [5, 5.41) is 2.49. The second-order valence-corrected chi connectivity index (χ2v) is 7.75. The molecular weight excluding hydrogens is 413 g/mol. The number of carbonyl (C=O) groups excluding carboxylic acids is 1. The summed E-state index contributed by atoms with van der Waals surface area (Å²) in [5.41, 5.74) is 3.60. The van der Waals surface area contributed by atoms with Crippen LogP contribution in [0.5, 0.6) is 0 Å². The van der Waals surface area contributed by atoms with Crippen molar-refractivity contribution in [3.8, 4) is 0 Å². The Bertz CT molecular complexity index is 945. The van der Waals surface area contributed by atoms with Crippen molar-refractivity contribution in [1.29, 1.82) is 0 Å². The van der Waals surface area contributed by atoms with Crippen molar-refractivity contribution in [3.63, 3.8) is 0 Å². The fourth-order valence-corrected chi connectivity index (χ4v) is 4.05. The van der Waals surface area contributed by atoms with Gasteiger partial charge in [-0.1, -0.05) is 11.6 Å². The molecule has 2 heterocycles. The summed E-state index contributed by atoms with van der Waals surface area (Å²) in [6, 6.07) is 12.7. The maximum absolute atomic E-state index is 13.6. The number of ether oxygens (including phenoxy) is 1. The first-order chi connectivity index (χ1) is 14.1. The first-order valence-corrected chi connectivity index (χ1v) is 10.5. The molecule has 4 rings (SSSR count). The van der Waals surface area contributed by atoms with Gasteiger partial charge in [0.1, 0.15) is 12.0 Å². The Morgan fingerprint density at radius 3 is 2.45 bits per heavy atom. The molecule has 29 heavy (non-hydrogen) atoms. The number of anilines is 1. The molecule has 3 aromatic rings. The van der Waals surface area contributed by atoms with Crippen LogP contribution in [-0.2, 0) is 4.74 Å². The molecule has 0 aliphatic carbocycles. The average Bonchev–Trinajstić information content (AvgIpc) is 3.28. The molecule has 5 nitrogen and oxygen atoms in total. The summed E-state index contributed by atoms with van der Waals surface area (Å²) < 4.78 is 19.1. The van der Waals surface area contributed by atoms with E-state index in [9.17, 15) is 9.18 Å². The van der Waals surface area contributed by atoms with E-state index in [1.54, 1.807) is 46.8 Å². The second-order valence-electron chi connectivity index (χ2n) is 6.59. The molecule has 150 valence electrons. The number of thiazole rings is 1. The number of halogens is 2. The summed E-state index contributed by atoms with van der Waals surface area (Å²) in [6.07, 6.45) is -0.432. The van der Waals surface area contributed by atoms with Crippen LogP contribution in [0.15, 0.2) is 59.4 Å². The predicted octanol–water partition coefficient (Wildman–Crippen LogP) is 4.61. The summed E-state index contributed by atoms with van der Waals surface area (Å²) in [4.78, 5) is 22.0. The van der Waals surface area contributed by atoms with Crippen molar-refractivity contribution in [2.75, 3.05) is 31.2 Å². The predicted molar refractivity (Wildman–Crippen MR) is 112 cm³/mol. The SMILES string of the molecule is O=C(c1ccc(Cl)cc1)N(c1ccc(F)cc1)C(c1cscn1)N1CCOCC1. The Kier molecular flexibility index (Phi) is 6.20. The minimum atomic E-state index is -0.432. The summed E-state index contributed by atoms with van der Waals surface area (Å²) in [7, 11) is 0. The molecule has 0 spiro atoms. The highest BCUT2D eigenvalue weighted by Gasteiger charge is 2.34. The van der Waals surface area contributed by atoms with Crippen LogP contribution in [0.4, 0.5) is 10.1 Å². The quantitative estimate of drug-likeness (QED) is 0.591. The molecule has 1 fully saturated rings. The molecule has 0 saturated carbocycles. The fraction of sp³-hybridized carbons (Fsp3) is 0.238. The maximum Gasteiger partial charge on any atom is 0.259 e. The van der Waals surface area contributed by atoms with E-state index in [-0.39, 0.29) is 11.7 Å². The van der Waals surface area contributed by atoms with E-state index in [2.05, 4.69) is 9.88 Å². The van der Waals surface area contributed by atoms with E-state index in [1.165, 1.54) is 23.5 Å². The summed E-state index contributed by atoms with van der Waals surface area (Å²) in [5.74, 6) is -0.568. The van der Waals surface area contributed by atoms with E-state index >= 15 is 0 Å². The number of aromatic nitrogens is 1. The van der Waals surface area contributed by atoms with Gasteiger partial charge < -0.3 is 4.74 Å². The Morgan fingerprint density at radius 1 is 1.14 bits per heavy atom. The number of rotatable bonds is 5. The zero-order valence-corrected chi connectivity index (χ0v) is 17.1. The topological polar surface area (TPSA) is 45.7 Å². The Hall–Kier alpha value is -2.32. The molecule has 1 saturated heterocycles. The molecule has 1 atom stereocenters. The van der Waals surface area contributed by atoms with Gasteiger partial charge >= 0.3 is 0 Å². The van der Waals surface area contributed by atoms with E-state index in [0.717, 1.165) is 5.69 Å². The van der Waals surface area contributed by atoms with Crippen LogP contribution < -0.4 is 4.90 Å². The Balaban J connectivity index is 1.81. The lowest BCUT2D eigenvalue weighted by molar-refractivity contribution is 0.0144. The minimum Gasteiger partial charge on any atom is -0.379 e. The van der Waals surface area contributed by atoms with Crippen molar-refractivity contribution < 1.29 is 13.9 Å². The van der Waals surface area contributed by atoms with Gasteiger partial charge in [-0.3, -0.25) is 14.6 Å². The van der Waals surface area contributed by atoms with Crippen LogP contribution in [0, 0.1) is 5.82 Å². The first kappa shape index (κ1) is 20.0. The average molecular weight is 432 g/mol. The van der Waals surface area contributed by atoms with E-state index in [0.29, 0.717) is 42.6 Å². The van der Waals surface area contributed by atoms with Gasteiger partial charge in [-0.25, -0.2) is 9.37 Å². The number of morpholine rings is 1. The summed E-state index contributed by atoms with van der Waals surface area (Å²) in [6.45, 7) is 2.47. The largest absolute Gasteiger partial charge is 0.379 e. The lowest BCUT2D eigenvalue weighted by Gasteiger charge is -2.40. The standard InChI is InChI=1S/C21H19ClFN3O2S/c22-16-3-1-15(2-4-16)21(27)26(18-7-5-17(23)6-8-18)20(19-13-29-14-24-19)25-9-11-28-12-10-25/h1-8,13-14,20H,9-12H2. The van der Waals surface area contributed by atoms with Crippen molar-refractivity contribution >= 4 is 34.5 Å². The van der Waals surface area contributed by atoms with Gasteiger partial charge in [0.05, 0.1) is 24.4 Å². The van der Waals surface area contributed by atoms with Gasteiger partial charge in [0, 0.05) is 34.7 Å². The van der Waals surface area contributed by atoms with E-state index < -0.39 is 6.17 Å². The van der Waals surface area contributed by atoms with Crippen molar-refractivity contribution in [3.05, 3.63) is 81.5 Å². The lowest BCUT2D eigenvalue weighted by Crippen LogP contribution is -2.49. The highest BCUT2D eigenvalue weighted by molar-refractivity contribution is 7.07. The van der Waals surface area contributed by atoms with Crippen LogP contribution in [0.25, 0.3) is 0 Å². The zero-order chi connectivity index (χ0) is 20.2. The van der Waals surface area contributed by atoms with Crippen molar-refractivity contribution in [2.24, 2.45) is 0 Å². The molecule has 0 radical (unpaired) electrons. The third-order valence-electron chi connectivity index (χ3n) is 4.77. The fourth-order valence-electron chi connectivity index (χ4n) is 3.36. The van der Waals surface area contributed by atoms with Gasteiger partial charge in [0.15, 0.2) is 0 Å². The maximum atomic E-state index is 13.6. The van der Waals surface area contributed by atoms with Gasteiger partial charge in [-0.2, -0.15) is 0 Å². The van der Waals surface area contributed by atoms with Crippen LogP contribution in [0.3, 0.4) is 0 Å². The monoisotopic (exact) mass is 431 g/mol. The third-order valence-corrected chi connectivity index (χ3v) is 5.62. The molecule has 1 aliphatic heterocycles. The highest BCUT2D eigenvalue weighted by Crippen LogP contribution is 2.33. The molecular formula is C21H19ClFN3O2S. The second kappa shape index (κ2) is 9.00. The highest BCUT2D eigenvalue weighted by atomic mass is 35.5. The summed E-state index contributed by atoms with van der Waals surface area (Å²) >= 11 is 7.47. The molecule has 0 N–H and O–H groups in total. The van der Waals surface area contributed by atoms with Crippen LogP contribution in [0.1, 0.15) is 22.2 Å². The minimum absolute atomic E-state index is 0.210. The third kappa shape index (κ3) is 4.48. The lowest BCUT2D eigenvalue weighted by atomic mass is 10.1. The van der Waals surface area contributed by atoms with Crippen LogP contribution >= 0.6 is 22.9 Å². The number of amides is 1. The Labute approximate surface area is 177 Å². The number of hydrogen-bond acceptors (Lipinski definition) is 5. The first-order valence-electron chi connectivity index (χ1n) is 9.18. The number of nitrogens with zero attached hydrogens (tertiary/aromatic N) is 3. The molecule has 1 amide bonds. The molecule has 1 unspecified atom stereocenters. The number of benzene rings is 2.